The van der Waals surface area contributed by atoms with E-state index in [1.54, 1.807) is 0 Å². The first-order chi connectivity index (χ1) is 44.0. The average Bonchev–Trinajstić information content (AvgIpc) is 3.58. The van der Waals surface area contributed by atoms with E-state index in [0.717, 1.165) is 77.0 Å². The number of esters is 2. The Bertz CT molecular complexity index is 1750. The van der Waals surface area contributed by atoms with Gasteiger partial charge in [0.25, 0.3) is 7.82 Å². The van der Waals surface area contributed by atoms with Crippen LogP contribution < -0.4 is 4.89 Å². The number of allylic oxidation sites excluding steroid dienone is 12. The predicted molar refractivity (Wildman–Crippen MR) is 388 cm³/mol. The monoisotopic (exact) mass is 1280 g/mol. The molecular weight excluding hydrogens is 1130 g/mol. The van der Waals surface area contributed by atoms with Crippen LogP contribution in [-0.4, -0.2) is 70.0 Å². The molecule has 0 heterocycles. The van der Waals surface area contributed by atoms with Crippen LogP contribution in [0.3, 0.4) is 0 Å². The molecule has 0 N–H and O–H groups in total. The van der Waals surface area contributed by atoms with Gasteiger partial charge in [-0.1, -0.05) is 369 Å². The van der Waals surface area contributed by atoms with E-state index < -0.39 is 26.5 Å². The number of hydrogen-bond acceptors (Lipinski definition) is 8. The molecule has 2 atom stereocenters. The van der Waals surface area contributed by atoms with Gasteiger partial charge in [-0.15, -0.1) is 0 Å². The zero-order chi connectivity index (χ0) is 65.5. The van der Waals surface area contributed by atoms with Crippen molar-refractivity contribution in [2.24, 2.45) is 0 Å². The van der Waals surface area contributed by atoms with Gasteiger partial charge in [0.15, 0.2) is 6.10 Å². The normalized spacial score (nSPS) is 13.4. The maximum atomic E-state index is 12.9. The second-order valence-corrected chi connectivity index (χ2v) is 28.8. The maximum absolute atomic E-state index is 12.9. The Labute approximate surface area is 559 Å². The molecule has 0 aliphatic rings. The molecule has 0 amide bonds. The van der Waals surface area contributed by atoms with E-state index in [0.29, 0.717) is 17.4 Å². The fourth-order valence-electron chi connectivity index (χ4n) is 11.4. The number of likely N-dealkylation sites (N-methyl/N-ethyl adjacent to an activating group) is 1. The molecule has 0 aliphatic heterocycles. The molecule has 90 heavy (non-hydrogen) atoms. The summed E-state index contributed by atoms with van der Waals surface area (Å²) in [4.78, 5) is 38.2. The average molecular weight is 1280 g/mol. The van der Waals surface area contributed by atoms with E-state index in [1.165, 1.54) is 263 Å². The fourth-order valence-corrected chi connectivity index (χ4v) is 12.1. The van der Waals surface area contributed by atoms with Crippen molar-refractivity contribution in [3.05, 3.63) is 72.9 Å². The van der Waals surface area contributed by atoms with Crippen molar-refractivity contribution in [2.45, 2.75) is 380 Å². The number of rotatable bonds is 72. The number of ether oxygens (including phenoxy) is 2. The van der Waals surface area contributed by atoms with Crippen LogP contribution in [0.4, 0.5) is 0 Å². The zero-order valence-corrected chi connectivity index (χ0v) is 61.0. The third kappa shape index (κ3) is 74.5. The highest BCUT2D eigenvalue weighted by Crippen LogP contribution is 2.38. The highest BCUT2D eigenvalue weighted by molar-refractivity contribution is 7.45. The van der Waals surface area contributed by atoms with Gasteiger partial charge in [0.1, 0.15) is 19.8 Å². The van der Waals surface area contributed by atoms with Crippen LogP contribution in [0.2, 0.25) is 0 Å². The van der Waals surface area contributed by atoms with Gasteiger partial charge in [-0.05, 0) is 64.2 Å². The van der Waals surface area contributed by atoms with E-state index in [2.05, 4.69) is 86.8 Å². The molecule has 0 aromatic rings. The highest BCUT2D eigenvalue weighted by atomic mass is 31.2. The first-order valence-corrected chi connectivity index (χ1v) is 40.1. The molecule has 0 aromatic carbocycles. The van der Waals surface area contributed by atoms with Crippen LogP contribution in [-0.2, 0) is 32.7 Å². The van der Waals surface area contributed by atoms with Gasteiger partial charge in [-0.3, -0.25) is 14.2 Å². The van der Waals surface area contributed by atoms with Gasteiger partial charge in [-0.25, -0.2) is 0 Å². The number of phosphoric acid groups is 1. The molecule has 0 aliphatic carbocycles. The van der Waals surface area contributed by atoms with Gasteiger partial charge in [0, 0.05) is 12.8 Å². The third-order valence-electron chi connectivity index (χ3n) is 17.2. The topological polar surface area (TPSA) is 111 Å². The second-order valence-electron chi connectivity index (χ2n) is 27.4. The Morgan fingerprint density at radius 2 is 0.633 bits per heavy atom. The Morgan fingerprint density at radius 1 is 0.356 bits per heavy atom. The molecule has 526 valence electrons. The lowest BCUT2D eigenvalue weighted by molar-refractivity contribution is -0.870. The minimum atomic E-state index is -4.65. The van der Waals surface area contributed by atoms with E-state index in [1.807, 2.05) is 21.1 Å². The van der Waals surface area contributed by atoms with E-state index >= 15 is 0 Å². The molecule has 0 aromatic heterocycles. The minimum absolute atomic E-state index is 0.0306. The molecule has 0 rings (SSSR count). The first-order valence-electron chi connectivity index (χ1n) is 38.6. The van der Waals surface area contributed by atoms with Crippen molar-refractivity contribution in [3.8, 4) is 0 Å². The molecule has 0 radical (unpaired) electrons. The number of carbonyl (C=O) groups is 2. The SMILES string of the molecule is CC/C=C\C/C=C\C/C=C\C/C=C\C/C=C\C/C=C\CCCCCCCCCCCCCCCCC(=O)OC(COC(=O)CCCCCCCCCCCCCCCCCCCCCCCCCCCCCCCCCCC)COP(=O)([O-])OCC[N+](C)(C)C. The number of hydrogen-bond donors (Lipinski definition) is 0. The molecule has 0 saturated heterocycles. The van der Waals surface area contributed by atoms with Crippen LogP contribution >= 0.6 is 7.82 Å². The lowest BCUT2D eigenvalue weighted by Crippen LogP contribution is -2.37. The molecule has 10 heteroatoms. The molecule has 9 nitrogen and oxygen atoms in total. The largest absolute Gasteiger partial charge is 0.756 e. The summed E-state index contributed by atoms with van der Waals surface area (Å²) in [7, 11) is 1.18. The van der Waals surface area contributed by atoms with Crippen molar-refractivity contribution < 1.29 is 42.1 Å². The van der Waals surface area contributed by atoms with Crippen LogP contribution in [0.15, 0.2) is 72.9 Å². The van der Waals surface area contributed by atoms with Gasteiger partial charge < -0.3 is 27.9 Å². The Kier molecular flexibility index (Phi) is 68.8. The summed E-state index contributed by atoms with van der Waals surface area (Å²) in [6.07, 6.45) is 95.9. The van der Waals surface area contributed by atoms with Crippen molar-refractivity contribution in [1.29, 1.82) is 0 Å². The molecular formula is C80H148NO8P. The summed E-state index contributed by atoms with van der Waals surface area (Å²) in [5, 5.41) is 0. The van der Waals surface area contributed by atoms with E-state index in [9.17, 15) is 19.0 Å². The lowest BCUT2D eigenvalue weighted by Gasteiger charge is -2.28. The predicted octanol–water partition coefficient (Wildman–Crippen LogP) is 24.9. The molecule has 0 fully saturated rings. The summed E-state index contributed by atoms with van der Waals surface area (Å²) in [6, 6.07) is 0. The molecule has 0 spiro atoms. The zero-order valence-electron chi connectivity index (χ0n) is 60.1. The van der Waals surface area contributed by atoms with Gasteiger partial charge in [-0.2, -0.15) is 0 Å². The summed E-state index contributed by atoms with van der Waals surface area (Å²) in [5.74, 6) is -0.817. The first kappa shape index (κ1) is 87.5. The van der Waals surface area contributed by atoms with Crippen LogP contribution in [0, 0.1) is 0 Å². The Morgan fingerprint density at radius 3 is 0.944 bits per heavy atom. The van der Waals surface area contributed by atoms with Gasteiger partial charge in [0.05, 0.1) is 27.7 Å². The number of unbranched alkanes of at least 4 members (excludes halogenated alkanes) is 46. The maximum Gasteiger partial charge on any atom is 0.306 e. The van der Waals surface area contributed by atoms with Crippen LogP contribution in [0.1, 0.15) is 373 Å². The Balaban J connectivity index is 3.96. The summed E-state index contributed by atoms with van der Waals surface area (Å²) < 4.78 is 34.4. The Hall–Kier alpha value is -2.55. The number of quaternary nitrogens is 1. The molecule has 0 saturated carbocycles. The smallest absolute Gasteiger partial charge is 0.306 e. The third-order valence-corrected chi connectivity index (χ3v) is 18.2. The number of carbonyl (C=O) groups excluding carboxylic acids is 2. The summed E-state index contributed by atoms with van der Waals surface area (Å²) in [5.41, 5.74) is 0. The van der Waals surface area contributed by atoms with Gasteiger partial charge >= 0.3 is 11.9 Å². The van der Waals surface area contributed by atoms with Crippen molar-refractivity contribution in [2.75, 3.05) is 47.5 Å². The second kappa shape index (κ2) is 70.8. The summed E-state index contributed by atoms with van der Waals surface area (Å²) >= 11 is 0. The summed E-state index contributed by atoms with van der Waals surface area (Å²) in [6.45, 7) is 4.19. The van der Waals surface area contributed by atoms with Crippen LogP contribution in [0.25, 0.3) is 0 Å². The van der Waals surface area contributed by atoms with Crippen LogP contribution in [0.5, 0.6) is 0 Å². The minimum Gasteiger partial charge on any atom is -0.756 e. The van der Waals surface area contributed by atoms with Crippen molar-refractivity contribution >= 4 is 19.8 Å². The number of phosphoric ester groups is 1. The quantitative estimate of drug-likeness (QED) is 0.0195. The highest BCUT2D eigenvalue weighted by Gasteiger charge is 2.22. The number of nitrogens with zero attached hydrogens (tertiary/aromatic N) is 1. The lowest BCUT2D eigenvalue weighted by atomic mass is 10.0. The molecule has 2 unspecified atom stereocenters. The molecule has 0 bridgehead atoms. The van der Waals surface area contributed by atoms with Gasteiger partial charge in [0.2, 0.25) is 0 Å². The van der Waals surface area contributed by atoms with E-state index in [4.69, 9.17) is 18.5 Å². The standard InChI is InChI=1S/C80H148NO8P/c1-6-8-10-12-14-16-18-20-22-24-26-28-30-32-34-36-38-40-42-44-46-48-50-52-54-56-58-60-62-64-66-68-70-72-79(82)86-76-78(77-88-90(84,85)87-75-74-81(3,4)5)89-80(83)73-71-69-67-65-63-61-59-57-55-53-51-49-47-45-43-41-39-37-35-33-31-29-27-25-23-21-19-17-15-13-11-9-7-2/h9,11,15,17,21,23,27,29,33,35,39,41,78H,6-8,10,12-14,16,18-20,22,24-26,28,30-32,34,36-38,40,42-77H2,1-5H3/b11-9-,17-15-,23-21-,29-27-,35-33-,41-39-. The van der Waals surface area contributed by atoms with E-state index in [-0.39, 0.29) is 32.0 Å². The van der Waals surface area contributed by atoms with Crippen molar-refractivity contribution in [3.63, 3.8) is 0 Å². The van der Waals surface area contributed by atoms with Crippen molar-refractivity contribution in [1.82, 2.24) is 0 Å². The fraction of sp³-hybridized carbons (Fsp3) is 0.825.